The molecule has 0 saturated carbocycles. The van der Waals surface area contributed by atoms with Crippen LogP contribution in [0.5, 0.6) is 0 Å². The zero-order chi connectivity index (χ0) is 16.5. The minimum Gasteiger partial charge on any atom is -0.345 e. The highest BCUT2D eigenvalue weighted by Crippen LogP contribution is 2.18. The van der Waals surface area contributed by atoms with E-state index in [-0.39, 0.29) is 11.6 Å². The summed E-state index contributed by atoms with van der Waals surface area (Å²) in [6.07, 6.45) is 6.14. The first-order valence-electron chi connectivity index (χ1n) is 7.48. The van der Waals surface area contributed by atoms with Crippen LogP contribution >= 0.6 is 0 Å². The van der Waals surface area contributed by atoms with Gasteiger partial charge in [0.1, 0.15) is 18.0 Å². The number of hydrogen-bond acceptors (Lipinski definition) is 4. The quantitative estimate of drug-likeness (QED) is 0.657. The molecule has 5 nitrogen and oxygen atoms in total. The Morgan fingerprint density at radius 2 is 2.13 bits per heavy atom. The molecule has 0 aliphatic carbocycles. The van der Waals surface area contributed by atoms with Gasteiger partial charge in [-0.15, -0.1) is 0 Å². The lowest BCUT2D eigenvalue weighted by Crippen LogP contribution is -2.29. The molecule has 0 spiro atoms. The summed E-state index contributed by atoms with van der Waals surface area (Å²) in [7, 11) is 0. The average molecular weight is 306 g/mol. The molecule has 0 aliphatic rings. The number of nitrogens with one attached hydrogen (secondary N) is 1. The van der Waals surface area contributed by atoms with E-state index in [0.29, 0.717) is 5.69 Å². The van der Waals surface area contributed by atoms with E-state index in [4.69, 9.17) is 0 Å². The summed E-state index contributed by atoms with van der Waals surface area (Å²) in [6.45, 7) is 2.06. The van der Waals surface area contributed by atoms with Crippen LogP contribution in [0.2, 0.25) is 0 Å². The second-order valence-corrected chi connectivity index (χ2v) is 5.03. The van der Waals surface area contributed by atoms with Gasteiger partial charge in [-0.25, -0.2) is 9.97 Å². The molecule has 0 fully saturated rings. The van der Waals surface area contributed by atoms with Gasteiger partial charge < -0.3 is 5.32 Å². The fourth-order valence-corrected chi connectivity index (χ4v) is 2.21. The van der Waals surface area contributed by atoms with Crippen molar-refractivity contribution >= 4 is 12.0 Å². The number of benzene rings is 1. The third kappa shape index (κ3) is 4.75. The normalized spacial score (nSPS) is 12.3. The fraction of sp³-hybridized carbons (Fsp3) is 0.222. The Morgan fingerprint density at radius 3 is 2.74 bits per heavy atom. The topological polar surface area (TPSA) is 78.7 Å². The van der Waals surface area contributed by atoms with Crippen LogP contribution in [0.3, 0.4) is 0 Å². The molecule has 1 atom stereocenters. The molecule has 2 aromatic rings. The molecule has 23 heavy (non-hydrogen) atoms. The van der Waals surface area contributed by atoms with E-state index in [1.54, 1.807) is 12.3 Å². The zero-order valence-corrected chi connectivity index (χ0v) is 12.9. The second-order valence-electron chi connectivity index (χ2n) is 5.03. The Bertz CT molecular complexity index is 705. The highest BCUT2D eigenvalue weighted by atomic mass is 16.1. The number of carbonyl (C=O) groups excluding carboxylic acids is 1. The largest absolute Gasteiger partial charge is 0.345 e. The minimum atomic E-state index is -0.395. The first-order chi connectivity index (χ1) is 11.2. The van der Waals surface area contributed by atoms with E-state index >= 15 is 0 Å². The zero-order valence-electron chi connectivity index (χ0n) is 12.9. The number of hydrogen-bond donors (Lipinski definition) is 1. The van der Waals surface area contributed by atoms with Crippen LogP contribution in [-0.2, 0) is 4.79 Å². The summed E-state index contributed by atoms with van der Waals surface area (Å²) >= 11 is 0. The average Bonchev–Trinajstić information content (AvgIpc) is 2.61. The molecule has 0 saturated heterocycles. The Kier molecular flexibility index (Phi) is 6.01. The van der Waals surface area contributed by atoms with Gasteiger partial charge in [-0.1, -0.05) is 43.7 Å². The minimum absolute atomic E-state index is 0.0285. The van der Waals surface area contributed by atoms with Gasteiger partial charge >= 0.3 is 0 Å². The summed E-state index contributed by atoms with van der Waals surface area (Å²) in [6, 6.07) is 13.2. The smallest absolute Gasteiger partial charge is 0.262 e. The number of nitriles is 1. The fourth-order valence-electron chi connectivity index (χ4n) is 2.21. The Hall–Kier alpha value is -3.00. The summed E-state index contributed by atoms with van der Waals surface area (Å²) in [5.41, 5.74) is 1.58. The summed E-state index contributed by atoms with van der Waals surface area (Å²) in [5, 5.41) is 12.2. The lowest BCUT2D eigenvalue weighted by atomic mass is 10.0. The molecule has 116 valence electrons. The number of aromatic nitrogens is 2. The number of nitrogens with zero attached hydrogens (tertiary/aromatic N) is 3. The molecule has 1 unspecified atom stereocenters. The third-order valence-electron chi connectivity index (χ3n) is 3.35. The van der Waals surface area contributed by atoms with Crippen LogP contribution in [0.15, 0.2) is 54.5 Å². The highest BCUT2D eigenvalue weighted by molar-refractivity contribution is 6.01. The lowest BCUT2D eigenvalue weighted by Gasteiger charge is -2.18. The standard InChI is InChI=1S/C18H18N4O/c1-2-6-17(14-7-4-3-5-8-14)22-18(23)15(12-19)11-16-9-10-20-13-21-16/h3-5,7-11,13,17H,2,6H2,1H3,(H,22,23). The van der Waals surface area contributed by atoms with Crippen molar-refractivity contribution in [3.05, 3.63) is 65.8 Å². The van der Waals surface area contributed by atoms with E-state index in [0.717, 1.165) is 18.4 Å². The summed E-state index contributed by atoms with van der Waals surface area (Å²) < 4.78 is 0. The molecular weight excluding hydrogens is 288 g/mol. The van der Waals surface area contributed by atoms with E-state index in [9.17, 15) is 10.1 Å². The molecule has 0 bridgehead atoms. The molecule has 1 amide bonds. The summed E-state index contributed by atoms with van der Waals surface area (Å²) in [4.78, 5) is 20.2. The van der Waals surface area contributed by atoms with E-state index in [2.05, 4.69) is 22.2 Å². The third-order valence-corrected chi connectivity index (χ3v) is 3.35. The van der Waals surface area contributed by atoms with Crippen LogP contribution in [0, 0.1) is 11.3 Å². The maximum atomic E-state index is 12.4. The predicted molar refractivity (Wildman–Crippen MR) is 87.9 cm³/mol. The van der Waals surface area contributed by atoms with Gasteiger partial charge in [-0.05, 0) is 24.1 Å². The molecule has 2 rings (SSSR count). The SMILES string of the molecule is CCCC(NC(=O)C(C#N)=Cc1ccncn1)c1ccccc1. The molecule has 1 N–H and O–H groups in total. The maximum Gasteiger partial charge on any atom is 0.262 e. The van der Waals surface area contributed by atoms with Crippen molar-refractivity contribution in [2.24, 2.45) is 0 Å². The molecule has 1 aromatic heterocycles. The number of amides is 1. The molecule has 1 heterocycles. The van der Waals surface area contributed by atoms with Crippen LogP contribution < -0.4 is 5.32 Å². The van der Waals surface area contributed by atoms with Crippen molar-refractivity contribution in [3.63, 3.8) is 0 Å². The maximum absolute atomic E-state index is 12.4. The van der Waals surface area contributed by atoms with Gasteiger partial charge in [0.2, 0.25) is 0 Å². The van der Waals surface area contributed by atoms with Crippen LogP contribution in [0.4, 0.5) is 0 Å². The van der Waals surface area contributed by atoms with Crippen LogP contribution in [0.1, 0.15) is 37.1 Å². The number of rotatable bonds is 6. The molecule has 5 heteroatoms. The molecule has 0 radical (unpaired) electrons. The van der Waals surface area contributed by atoms with E-state index in [1.165, 1.54) is 12.4 Å². The van der Waals surface area contributed by atoms with Crippen molar-refractivity contribution in [1.29, 1.82) is 5.26 Å². The van der Waals surface area contributed by atoms with Gasteiger partial charge in [0.05, 0.1) is 11.7 Å². The Balaban J connectivity index is 2.17. The van der Waals surface area contributed by atoms with Crippen molar-refractivity contribution in [3.8, 4) is 6.07 Å². The molecule has 1 aromatic carbocycles. The van der Waals surface area contributed by atoms with Gasteiger partial charge in [0, 0.05) is 6.20 Å². The first-order valence-corrected chi connectivity index (χ1v) is 7.48. The van der Waals surface area contributed by atoms with Crippen LogP contribution in [0.25, 0.3) is 6.08 Å². The van der Waals surface area contributed by atoms with Gasteiger partial charge in [0.15, 0.2) is 0 Å². The van der Waals surface area contributed by atoms with Crippen LogP contribution in [-0.4, -0.2) is 15.9 Å². The molecule has 0 aliphatic heterocycles. The van der Waals surface area contributed by atoms with Crippen molar-refractivity contribution in [2.45, 2.75) is 25.8 Å². The predicted octanol–water partition coefficient (Wildman–Crippen LogP) is 3.04. The summed E-state index contributed by atoms with van der Waals surface area (Å²) in [5.74, 6) is -0.395. The van der Waals surface area contributed by atoms with E-state index in [1.807, 2.05) is 36.4 Å². The van der Waals surface area contributed by atoms with Gasteiger partial charge in [-0.3, -0.25) is 4.79 Å². The molecular formula is C18H18N4O. The van der Waals surface area contributed by atoms with Gasteiger partial charge in [-0.2, -0.15) is 5.26 Å². The highest BCUT2D eigenvalue weighted by Gasteiger charge is 2.16. The van der Waals surface area contributed by atoms with Gasteiger partial charge in [0.25, 0.3) is 5.91 Å². The van der Waals surface area contributed by atoms with Crippen molar-refractivity contribution in [1.82, 2.24) is 15.3 Å². The second kappa shape index (κ2) is 8.44. The van der Waals surface area contributed by atoms with E-state index < -0.39 is 5.91 Å². The van der Waals surface area contributed by atoms with Crippen molar-refractivity contribution < 1.29 is 4.79 Å². The number of carbonyl (C=O) groups is 1. The monoisotopic (exact) mass is 306 g/mol. The Labute approximate surface area is 135 Å². The van der Waals surface area contributed by atoms with Crippen molar-refractivity contribution in [2.75, 3.05) is 0 Å². The first kappa shape index (κ1) is 16.4. The Morgan fingerprint density at radius 1 is 1.35 bits per heavy atom. The lowest BCUT2D eigenvalue weighted by molar-refractivity contribution is -0.117.